The Morgan fingerprint density at radius 3 is 2.40 bits per heavy atom. The zero-order valence-electron chi connectivity index (χ0n) is 28.4. The molecule has 1 fully saturated rings. The molecule has 3 aromatic rings. The van der Waals surface area contributed by atoms with Crippen LogP contribution in [0.4, 0.5) is 5.13 Å². The number of phenols is 2. The first-order valence-corrected chi connectivity index (χ1v) is 17.9. The van der Waals surface area contributed by atoms with Crippen LogP contribution in [-0.2, 0) is 37.1 Å². The van der Waals surface area contributed by atoms with Crippen LogP contribution in [0.15, 0.2) is 64.3 Å². The predicted octanol–water partition coefficient (Wildman–Crippen LogP) is 3.60. The highest BCUT2D eigenvalue weighted by atomic mass is 35.5. The molecule has 5 rings (SSSR count). The van der Waals surface area contributed by atoms with Crippen molar-refractivity contribution >= 4 is 75.4 Å². The monoisotopic (exact) mass is 771 g/mol. The molecule has 2 aromatic carbocycles. The van der Waals surface area contributed by atoms with Gasteiger partial charge >= 0.3 is 11.9 Å². The number of β-lactam (4-membered cyclic amide) rings is 1. The highest BCUT2D eigenvalue weighted by molar-refractivity contribution is 8.00. The maximum atomic E-state index is 13.3. The number of fused-ring (bicyclic) bond motifs is 1. The number of hydrogen-bond donors (Lipinski definition) is 6. The number of oxime groups is 1. The van der Waals surface area contributed by atoms with Crippen molar-refractivity contribution in [1.29, 1.82) is 0 Å². The number of aliphatic carboxylic acids is 2. The molecular formula is C34H36ClN6O9S2+. The second kappa shape index (κ2) is 14.9. The summed E-state index contributed by atoms with van der Waals surface area (Å²) in [6, 6.07) is 9.71. The van der Waals surface area contributed by atoms with E-state index in [0.29, 0.717) is 23.1 Å². The smallest absolute Gasteiger partial charge is 0.352 e. The van der Waals surface area contributed by atoms with Crippen LogP contribution in [-0.4, -0.2) is 101 Å². The summed E-state index contributed by atoms with van der Waals surface area (Å²) in [6.45, 7) is 3.66. The Bertz CT molecular complexity index is 2000. The summed E-state index contributed by atoms with van der Waals surface area (Å²) in [5.41, 5.74) is 6.36. The number of nitrogens with two attached hydrogens (primary N) is 1. The van der Waals surface area contributed by atoms with Crippen molar-refractivity contribution < 1.29 is 48.9 Å². The van der Waals surface area contributed by atoms with Gasteiger partial charge in [-0.05, 0) is 37.1 Å². The third-order valence-electron chi connectivity index (χ3n) is 8.13. The minimum atomic E-state index is -1.78. The fourth-order valence-electron chi connectivity index (χ4n) is 5.49. The SMILES string of the molecule is CC(C)(O/N=C(\C(=O)N[C@@H]1C(=O)N2C(C(=O)O)=C(/C=C\c3ccc(C[N+](C)(C)Cc4cc(O)c(O)c(Cl)c4)cc3)CS[C@H]12)c1csc(N)n1)C(=O)O. The van der Waals surface area contributed by atoms with Crippen molar-refractivity contribution in [2.45, 2.75) is 44.0 Å². The third-order valence-corrected chi connectivity index (χ3v) is 10.4. The van der Waals surface area contributed by atoms with Gasteiger partial charge in [0.1, 0.15) is 35.9 Å². The van der Waals surface area contributed by atoms with Crippen molar-refractivity contribution in [2.24, 2.45) is 5.16 Å². The molecule has 7 N–H and O–H groups in total. The van der Waals surface area contributed by atoms with Gasteiger partial charge < -0.3 is 40.8 Å². The molecule has 52 heavy (non-hydrogen) atoms. The number of benzene rings is 2. The van der Waals surface area contributed by atoms with Crippen LogP contribution in [0, 0.1) is 0 Å². The molecular weight excluding hydrogens is 736 g/mol. The molecule has 3 heterocycles. The average Bonchev–Trinajstić information content (AvgIpc) is 3.50. The molecule has 274 valence electrons. The fraction of sp³-hybridized carbons (Fsp3) is 0.294. The van der Waals surface area contributed by atoms with Gasteiger partial charge in [-0.3, -0.25) is 14.5 Å². The summed E-state index contributed by atoms with van der Waals surface area (Å²) in [4.78, 5) is 60.8. The van der Waals surface area contributed by atoms with Gasteiger partial charge in [0.2, 0.25) is 5.60 Å². The lowest BCUT2D eigenvalue weighted by Crippen LogP contribution is -2.71. The molecule has 15 nitrogen and oxygen atoms in total. The number of nitrogens with zero attached hydrogens (tertiary/aromatic N) is 4. The van der Waals surface area contributed by atoms with Gasteiger partial charge in [-0.2, -0.15) is 0 Å². The number of carboxylic acids is 2. The molecule has 18 heteroatoms. The Hall–Kier alpha value is -5.10. The maximum absolute atomic E-state index is 13.3. The van der Waals surface area contributed by atoms with Crippen LogP contribution in [0.3, 0.4) is 0 Å². The van der Waals surface area contributed by atoms with Crippen molar-refractivity contribution in [3.63, 3.8) is 0 Å². The number of carboxylic acid groups (broad SMARTS) is 2. The largest absolute Gasteiger partial charge is 0.504 e. The molecule has 0 spiro atoms. The summed E-state index contributed by atoms with van der Waals surface area (Å²) >= 11 is 8.31. The number of rotatable bonds is 13. The second-order valence-corrected chi connectivity index (χ2v) is 15.6. The lowest BCUT2D eigenvalue weighted by molar-refractivity contribution is -0.916. The van der Waals surface area contributed by atoms with Gasteiger partial charge in [-0.15, -0.1) is 23.1 Å². The molecule has 0 bridgehead atoms. The first-order chi connectivity index (χ1) is 24.4. The van der Waals surface area contributed by atoms with Crippen molar-refractivity contribution in [3.05, 3.63) is 86.5 Å². The number of nitrogens with one attached hydrogen (secondary N) is 1. The summed E-state index contributed by atoms with van der Waals surface area (Å²) in [6.07, 6.45) is 3.41. The molecule has 2 aliphatic rings. The van der Waals surface area contributed by atoms with Crippen LogP contribution in [0.25, 0.3) is 6.08 Å². The zero-order valence-corrected chi connectivity index (χ0v) is 30.8. The number of phenolic OH excluding ortho intramolecular Hbond substituents is 2. The van der Waals surface area contributed by atoms with Crippen molar-refractivity contribution in [1.82, 2.24) is 15.2 Å². The van der Waals surface area contributed by atoms with Gasteiger partial charge in [0.05, 0.1) is 19.1 Å². The quantitative estimate of drug-likeness (QED) is 0.0482. The van der Waals surface area contributed by atoms with Gasteiger partial charge in [-0.1, -0.05) is 53.2 Å². The van der Waals surface area contributed by atoms with E-state index in [2.05, 4.69) is 15.5 Å². The summed E-state index contributed by atoms with van der Waals surface area (Å²) in [7, 11) is 4.04. The number of amides is 2. The Morgan fingerprint density at radius 2 is 1.81 bits per heavy atom. The molecule has 2 aliphatic heterocycles. The Morgan fingerprint density at radius 1 is 1.13 bits per heavy atom. The minimum Gasteiger partial charge on any atom is -0.504 e. The van der Waals surface area contributed by atoms with Crippen molar-refractivity contribution in [2.75, 3.05) is 25.6 Å². The number of halogens is 1. The number of carbonyl (C=O) groups excluding carboxylic acids is 2. The molecule has 0 radical (unpaired) electrons. The first kappa shape index (κ1) is 38.1. The molecule has 1 saturated heterocycles. The maximum Gasteiger partial charge on any atom is 0.352 e. The molecule has 2 atom stereocenters. The van der Waals surface area contributed by atoms with E-state index in [1.54, 1.807) is 18.2 Å². The van der Waals surface area contributed by atoms with E-state index in [9.17, 15) is 39.6 Å². The first-order valence-electron chi connectivity index (χ1n) is 15.6. The number of carbonyl (C=O) groups is 4. The Balaban J connectivity index is 1.27. The fourth-order valence-corrected chi connectivity index (χ4v) is 7.59. The molecule has 0 aliphatic carbocycles. The number of thiazole rings is 1. The number of aromatic hydroxyl groups is 2. The normalized spacial score (nSPS) is 17.9. The Labute approximate surface area is 311 Å². The lowest BCUT2D eigenvalue weighted by Gasteiger charge is -2.49. The van der Waals surface area contributed by atoms with Gasteiger partial charge in [0.25, 0.3) is 11.8 Å². The second-order valence-electron chi connectivity index (χ2n) is 13.2. The minimum absolute atomic E-state index is 0.0102. The molecule has 2 amide bonds. The van der Waals surface area contributed by atoms with E-state index >= 15 is 0 Å². The van der Waals surface area contributed by atoms with Crippen molar-refractivity contribution in [3.8, 4) is 11.5 Å². The average molecular weight is 772 g/mol. The van der Waals surface area contributed by atoms with E-state index in [4.69, 9.17) is 22.2 Å². The lowest BCUT2D eigenvalue weighted by atomic mass is 10.0. The van der Waals surface area contributed by atoms with E-state index < -0.39 is 46.5 Å². The summed E-state index contributed by atoms with van der Waals surface area (Å²) in [5.74, 6) is -4.55. The van der Waals surface area contributed by atoms with Crippen LogP contribution >= 0.6 is 34.7 Å². The molecule has 0 unspecified atom stereocenters. The number of thioether (sulfide) groups is 1. The molecule has 1 aromatic heterocycles. The van der Waals surface area contributed by atoms with E-state index in [0.717, 1.165) is 32.9 Å². The van der Waals surface area contributed by atoms with E-state index in [-0.39, 0.29) is 38.8 Å². The van der Waals surface area contributed by atoms with Crippen LogP contribution in [0.2, 0.25) is 5.02 Å². The number of allylic oxidation sites excluding steroid dienone is 1. The molecule has 0 saturated carbocycles. The predicted molar refractivity (Wildman–Crippen MR) is 195 cm³/mol. The zero-order chi connectivity index (χ0) is 38.1. The van der Waals surface area contributed by atoms with Gasteiger partial charge in [0, 0.05) is 22.3 Å². The number of hydrogen-bond acceptors (Lipinski definition) is 12. The number of nitrogen functional groups attached to an aromatic ring is 1. The van der Waals surface area contributed by atoms with E-state index in [1.807, 2.05) is 38.4 Å². The highest BCUT2D eigenvalue weighted by Gasteiger charge is 2.54. The van der Waals surface area contributed by atoms with Gasteiger partial charge in [0.15, 0.2) is 22.3 Å². The summed E-state index contributed by atoms with van der Waals surface area (Å²) < 4.78 is 0.526. The topological polar surface area (TPSA) is 225 Å². The number of quaternary nitrogens is 1. The van der Waals surface area contributed by atoms with Crippen LogP contribution < -0.4 is 11.1 Å². The van der Waals surface area contributed by atoms with Gasteiger partial charge in [-0.25, -0.2) is 14.6 Å². The number of anilines is 1. The third kappa shape index (κ3) is 8.33. The van der Waals surface area contributed by atoms with E-state index in [1.165, 1.54) is 37.1 Å². The summed E-state index contributed by atoms with van der Waals surface area (Å²) in [5, 5.41) is 46.4. The van der Waals surface area contributed by atoms with Crippen LogP contribution in [0.1, 0.15) is 36.2 Å². The number of aromatic nitrogens is 1. The van der Waals surface area contributed by atoms with Crippen LogP contribution in [0.5, 0.6) is 11.5 Å². The highest BCUT2D eigenvalue weighted by Crippen LogP contribution is 2.41. The Kier molecular flexibility index (Phi) is 10.9. The standard InChI is InChI=1S/C34H35ClN6O9S2/c1-34(2,32(48)49)50-39-24(22-16-52-33(36)37-22)28(44)38-25-29(45)40-26(31(46)47)20(15-51-30(25)40)10-9-17-5-7-18(8-6-17)13-41(3,4)14-19-11-21(35)27(43)23(42)12-19/h5-12,16,25,30H,13-15H2,1-4H3,(H6-,36,37,38,39,42,43,44,46,47,48,49)/p+1/b10-9-/t25-,30-/m1/s1.